The zero-order chi connectivity index (χ0) is 14.6. The predicted molar refractivity (Wildman–Crippen MR) is 77.3 cm³/mol. The van der Waals surface area contributed by atoms with Gasteiger partial charge in [0.05, 0.1) is 5.41 Å². The molecule has 2 unspecified atom stereocenters. The zero-order valence-electron chi connectivity index (χ0n) is 12.5. The van der Waals surface area contributed by atoms with Crippen molar-refractivity contribution in [2.45, 2.75) is 64.7 Å². The van der Waals surface area contributed by atoms with E-state index in [-0.39, 0.29) is 11.8 Å². The summed E-state index contributed by atoms with van der Waals surface area (Å²) in [6.07, 6.45) is 8.66. The number of nitrogens with one attached hydrogen (secondary N) is 1. The molecule has 2 aliphatic carbocycles. The second-order valence-corrected chi connectivity index (χ2v) is 6.83. The summed E-state index contributed by atoms with van der Waals surface area (Å²) in [6, 6.07) is 0. The molecule has 0 aliphatic heterocycles. The fourth-order valence-electron chi connectivity index (χ4n) is 3.77. The van der Waals surface area contributed by atoms with Crippen molar-refractivity contribution in [2.24, 2.45) is 17.3 Å². The van der Waals surface area contributed by atoms with Crippen LogP contribution in [0.2, 0.25) is 0 Å². The van der Waals surface area contributed by atoms with Crippen molar-refractivity contribution in [3.05, 3.63) is 0 Å². The minimum atomic E-state index is -0.741. The standard InChI is InChI=1S/C16H27NO3/c1-12-6-5-7-13(10-12)14(18)17-11-16(15(19)20)8-3-2-4-9-16/h12-13H,2-11H2,1H3,(H,17,18)(H,19,20). The Hall–Kier alpha value is -1.06. The first-order chi connectivity index (χ1) is 9.53. The molecule has 0 spiro atoms. The van der Waals surface area contributed by atoms with E-state index in [1.807, 2.05) is 0 Å². The van der Waals surface area contributed by atoms with Crippen LogP contribution in [0, 0.1) is 17.3 Å². The molecule has 4 nitrogen and oxygen atoms in total. The highest BCUT2D eigenvalue weighted by Gasteiger charge is 2.40. The maximum atomic E-state index is 12.2. The SMILES string of the molecule is CC1CCCC(C(=O)NCC2(C(=O)O)CCCCC2)C1. The van der Waals surface area contributed by atoms with Crippen LogP contribution < -0.4 is 5.32 Å². The molecule has 2 atom stereocenters. The molecule has 20 heavy (non-hydrogen) atoms. The number of carbonyl (C=O) groups is 2. The van der Waals surface area contributed by atoms with E-state index in [0.717, 1.165) is 38.5 Å². The molecule has 2 N–H and O–H groups in total. The predicted octanol–water partition coefficient (Wildman–Crippen LogP) is 2.96. The van der Waals surface area contributed by atoms with Gasteiger partial charge in [0.1, 0.15) is 0 Å². The summed E-state index contributed by atoms with van der Waals surface area (Å²) >= 11 is 0. The Kier molecular flexibility index (Phi) is 5.06. The van der Waals surface area contributed by atoms with Crippen molar-refractivity contribution >= 4 is 11.9 Å². The number of carboxylic acids is 1. The number of carboxylic acid groups (broad SMARTS) is 1. The van der Waals surface area contributed by atoms with E-state index >= 15 is 0 Å². The van der Waals surface area contributed by atoms with Gasteiger partial charge in [0.15, 0.2) is 0 Å². The fourth-order valence-corrected chi connectivity index (χ4v) is 3.77. The second kappa shape index (κ2) is 6.59. The molecule has 0 aromatic heterocycles. The first-order valence-electron chi connectivity index (χ1n) is 8.05. The van der Waals surface area contributed by atoms with Crippen molar-refractivity contribution in [1.82, 2.24) is 5.32 Å². The summed E-state index contributed by atoms with van der Waals surface area (Å²) in [7, 11) is 0. The molecule has 0 aromatic rings. The molecule has 114 valence electrons. The molecule has 0 heterocycles. The summed E-state index contributed by atoms with van der Waals surface area (Å²) in [5.41, 5.74) is -0.714. The molecule has 2 rings (SSSR count). The van der Waals surface area contributed by atoms with Gasteiger partial charge in [-0.05, 0) is 31.6 Å². The molecule has 4 heteroatoms. The molecular weight excluding hydrogens is 254 g/mol. The third-order valence-corrected chi connectivity index (χ3v) is 5.17. The summed E-state index contributed by atoms with van der Waals surface area (Å²) in [6.45, 7) is 2.51. The zero-order valence-corrected chi connectivity index (χ0v) is 12.5. The van der Waals surface area contributed by atoms with Crippen molar-refractivity contribution in [3.63, 3.8) is 0 Å². The van der Waals surface area contributed by atoms with E-state index in [1.165, 1.54) is 6.42 Å². The van der Waals surface area contributed by atoms with Gasteiger partial charge in [0.2, 0.25) is 5.91 Å². The van der Waals surface area contributed by atoms with Gasteiger partial charge >= 0.3 is 5.97 Å². The van der Waals surface area contributed by atoms with Crippen LogP contribution in [0.25, 0.3) is 0 Å². The van der Waals surface area contributed by atoms with Crippen molar-refractivity contribution < 1.29 is 14.7 Å². The lowest BCUT2D eigenvalue weighted by atomic mass is 9.74. The molecule has 1 amide bonds. The Morgan fingerprint density at radius 3 is 2.45 bits per heavy atom. The third kappa shape index (κ3) is 3.53. The number of carbonyl (C=O) groups excluding carboxylic acids is 1. The molecule has 0 saturated heterocycles. The maximum absolute atomic E-state index is 12.2. The van der Waals surface area contributed by atoms with E-state index in [0.29, 0.717) is 25.3 Å². The van der Waals surface area contributed by atoms with E-state index in [9.17, 15) is 14.7 Å². The van der Waals surface area contributed by atoms with Crippen LogP contribution in [0.5, 0.6) is 0 Å². The Morgan fingerprint density at radius 1 is 1.15 bits per heavy atom. The van der Waals surface area contributed by atoms with Crippen LogP contribution in [0.1, 0.15) is 64.7 Å². The normalized spacial score (nSPS) is 29.6. The van der Waals surface area contributed by atoms with Crippen LogP contribution >= 0.6 is 0 Å². The number of hydrogen-bond acceptors (Lipinski definition) is 2. The van der Waals surface area contributed by atoms with Crippen molar-refractivity contribution in [2.75, 3.05) is 6.54 Å². The van der Waals surface area contributed by atoms with Crippen LogP contribution in [-0.4, -0.2) is 23.5 Å². The monoisotopic (exact) mass is 281 g/mol. The average Bonchev–Trinajstić information content (AvgIpc) is 2.45. The lowest BCUT2D eigenvalue weighted by Crippen LogP contribution is -2.46. The summed E-state index contributed by atoms with van der Waals surface area (Å²) in [4.78, 5) is 23.8. The van der Waals surface area contributed by atoms with Gasteiger partial charge in [-0.15, -0.1) is 0 Å². The van der Waals surface area contributed by atoms with E-state index in [2.05, 4.69) is 12.2 Å². The minimum Gasteiger partial charge on any atom is -0.481 e. The molecule has 0 aromatic carbocycles. The quantitative estimate of drug-likeness (QED) is 0.832. The number of amides is 1. The largest absolute Gasteiger partial charge is 0.481 e. The highest BCUT2D eigenvalue weighted by atomic mass is 16.4. The van der Waals surface area contributed by atoms with Crippen molar-refractivity contribution in [3.8, 4) is 0 Å². The highest BCUT2D eigenvalue weighted by Crippen LogP contribution is 2.36. The van der Waals surface area contributed by atoms with Crippen LogP contribution in [-0.2, 0) is 9.59 Å². The Morgan fingerprint density at radius 2 is 1.85 bits per heavy atom. The van der Waals surface area contributed by atoms with Gasteiger partial charge in [-0.3, -0.25) is 9.59 Å². The second-order valence-electron chi connectivity index (χ2n) is 6.83. The van der Waals surface area contributed by atoms with Crippen LogP contribution in [0.4, 0.5) is 0 Å². The van der Waals surface area contributed by atoms with Crippen molar-refractivity contribution in [1.29, 1.82) is 0 Å². The topological polar surface area (TPSA) is 66.4 Å². The van der Waals surface area contributed by atoms with Crippen LogP contribution in [0.15, 0.2) is 0 Å². The highest BCUT2D eigenvalue weighted by molar-refractivity contribution is 5.80. The molecule has 2 aliphatic rings. The van der Waals surface area contributed by atoms with Gasteiger partial charge in [0, 0.05) is 12.5 Å². The summed E-state index contributed by atoms with van der Waals surface area (Å²) < 4.78 is 0. The minimum absolute atomic E-state index is 0.0720. The van der Waals surface area contributed by atoms with Gasteiger partial charge in [0.25, 0.3) is 0 Å². The Bertz CT molecular complexity index is 361. The van der Waals surface area contributed by atoms with Gasteiger partial charge in [-0.2, -0.15) is 0 Å². The van der Waals surface area contributed by atoms with E-state index in [4.69, 9.17) is 0 Å². The molecule has 2 fully saturated rings. The molecular formula is C16H27NO3. The first kappa shape index (κ1) is 15.3. The number of rotatable bonds is 4. The lowest BCUT2D eigenvalue weighted by molar-refractivity contribution is -0.151. The molecule has 2 saturated carbocycles. The molecule has 0 bridgehead atoms. The van der Waals surface area contributed by atoms with Gasteiger partial charge in [-0.1, -0.05) is 39.0 Å². The smallest absolute Gasteiger partial charge is 0.311 e. The van der Waals surface area contributed by atoms with E-state index < -0.39 is 11.4 Å². The number of hydrogen-bond donors (Lipinski definition) is 2. The third-order valence-electron chi connectivity index (χ3n) is 5.17. The first-order valence-corrected chi connectivity index (χ1v) is 8.05. The van der Waals surface area contributed by atoms with Gasteiger partial charge < -0.3 is 10.4 Å². The summed E-state index contributed by atoms with van der Waals surface area (Å²) in [5, 5.41) is 12.4. The van der Waals surface area contributed by atoms with Crippen LogP contribution in [0.3, 0.4) is 0 Å². The van der Waals surface area contributed by atoms with Gasteiger partial charge in [-0.25, -0.2) is 0 Å². The fraction of sp³-hybridized carbons (Fsp3) is 0.875. The average molecular weight is 281 g/mol. The maximum Gasteiger partial charge on any atom is 0.311 e. The van der Waals surface area contributed by atoms with E-state index in [1.54, 1.807) is 0 Å². The summed E-state index contributed by atoms with van der Waals surface area (Å²) in [5.74, 6) is 0.0352. The Balaban J connectivity index is 1.88. The molecule has 0 radical (unpaired) electrons. The Labute approximate surface area is 121 Å². The lowest BCUT2D eigenvalue weighted by Gasteiger charge is -2.34. The number of aliphatic carboxylic acids is 1.